The Hall–Kier alpha value is -0.710. The molecule has 0 aliphatic carbocycles. The minimum atomic E-state index is -0.230. The molecule has 0 radical (unpaired) electrons. The van der Waals surface area contributed by atoms with E-state index in [1.807, 2.05) is 14.1 Å². The predicted molar refractivity (Wildman–Crippen MR) is 87.8 cm³/mol. The van der Waals surface area contributed by atoms with Gasteiger partial charge in [-0.15, -0.1) is 11.8 Å². The quantitative estimate of drug-likeness (QED) is 0.816. The lowest BCUT2D eigenvalue weighted by Gasteiger charge is -2.28. The van der Waals surface area contributed by atoms with E-state index in [2.05, 4.69) is 34.1 Å². The molecule has 1 saturated heterocycles. The first-order valence-corrected chi connectivity index (χ1v) is 8.44. The highest BCUT2D eigenvalue weighted by Gasteiger charge is 2.14. The highest BCUT2D eigenvalue weighted by molar-refractivity contribution is 7.99. The Morgan fingerprint density at radius 3 is 2.40 bits per heavy atom. The summed E-state index contributed by atoms with van der Waals surface area (Å²) in [6, 6.07) is 8.51. The predicted octanol–water partition coefficient (Wildman–Crippen LogP) is 2.69. The van der Waals surface area contributed by atoms with E-state index in [-0.39, 0.29) is 6.10 Å². The van der Waals surface area contributed by atoms with Crippen molar-refractivity contribution in [3.05, 3.63) is 24.3 Å². The van der Waals surface area contributed by atoms with Gasteiger partial charge >= 0.3 is 0 Å². The smallest absolute Gasteiger partial charge is 0.0760 e. The fourth-order valence-electron chi connectivity index (χ4n) is 2.53. The maximum absolute atomic E-state index is 10.1. The molecule has 1 aliphatic heterocycles. The van der Waals surface area contributed by atoms with Crippen LogP contribution in [0.1, 0.15) is 19.3 Å². The molecule has 1 fully saturated rings. The van der Waals surface area contributed by atoms with Crippen LogP contribution in [0.4, 0.5) is 5.69 Å². The van der Waals surface area contributed by atoms with Crippen LogP contribution >= 0.6 is 11.8 Å². The van der Waals surface area contributed by atoms with E-state index < -0.39 is 0 Å². The number of nitrogens with zero attached hydrogens (tertiary/aromatic N) is 2. The van der Waals surface area contributed by atoms with Crippen LogP contribution in [-0.4, -0.2) is 55.6 Å². The van der Waals surface area contributed by atoms with Crippen LogP contribution in [0.25, 0.3) is 0 Å². The summed E-state index contributed by atoms with van der Waals surface area (Å²) in [6.45, 7) is 3.13. The van der Waals surface area contributed by atoms with Crippen LogP contribution in [-0.2, 0) is 0 Å². The Bertz CT molecular complexity index is 388. The molecule has 1 heterocycles. The molecule has 2 rings (SSSR count). The summed E-state index contributed by atoms with van der Waals surface area (Å²) < 4.78 is 0. The van der Waals surface area contributed by atoms with Gasteiger partial charge < -0.3 is 14.9 Å². The third kappa shape index (κ3) is 5.00. The first kappa shape index (κ1) is 15.7. The van der Waals surface area contributed by atoms with E-state index in [0.717, 1.165) is 25.4 Å². The molecule has 1 unspecified atom stereocenters. The standard InChI is InChI=1S/C16H26N2OS/c1-17(2)14-6-8-16(9-7-14)20-13-15(19)12-18-10-4-3-5-11-18/h6-9,15,19H,3-5,10-13H2,1-2H3. The molecule has 0 amide bonds. The molecule has 0 bridgehead atoms. The van der Waals surface area contributed by atoms with Gasteiger partial charge in [-0.1, -0.05) is 6.42 Å². The second kappa shape index (κ2) is 7.91. The van der Waals surface area contributed by atoms with Crippen LogP contribution in [0.2, 0.25) is 0 Å². The Morgan fingerprint density at radius 1 is 1.15 bits per heavy atom. The average molecular weight is 294 g/mol. The van der Waals surface area contributed by atoms with E-state index in [0.29, 0.717) is 0 Å². The lowest BCUT2D eigenvalue weighted by molar-refractivity contribution is 0.117. The molecular formula is C16H26N2OS. The molecule has 1 N–H and O–H groups in total. The van der Waals surface area contributed by atoms with Gasteiger partial charge in [-0.25, -0.2) is 0 Å². The number of hydrogen-bond acceptors (Lipinski definition) is 4. The largest absolute Gasteiger partial charge is 0.391 e. The van der Waals surface area contributed by atoms with Gasteiger partial charge in [0, 0.05) is 37.0 Å². The number of likely N-dealkylation sites (tertiary alicyclic amines) is 1. The van der Waals surface area contributed by atoms with Crippen molar-refractivity contribution >= 4 is 17.4 Å². The SMILES string of the molecule is CN(C)c1ccc(SCC(O)CN2CCCCC2)cc1. The molecule has 1 aromatic rings. The fraction of sp³-hybridized carbons (Fsp3) is 0.625. The summed E-state index contributed by atoms with van der Waals surface area (Å²) in [6.07, 6.45) is 3.68. The van der Waals surface area contributed by atoms with Crippen molar-refractivity contribution in [3.8, 4) is 0 Å². The first-order valence-electron chi connectivity index (χ1n) is 7.46. The van der Waals surface area contributed by atoms with Crippen LogP contribution in [0.15, 0.2) is 29.2 Å². The summed E-state index contributed by atoms with van der Waals surface area (Å²) in [4.78, 5) is 5.72. The topological polar surface area (TPSA) is 26.7 Å². The van der Waals surface area contributed by atoms with E-state index in [9.17, 15) is 5.11 Å². The summed E-state index contributed by atoms with van der Waals surface area (Å²) in [5.74, 6) is 0.776. The van der Waals surface area contributed by atoms with Gasteiger partial charge in [-0.05, 0) is 50.2 Å². The maximum atomic E-state index is 10.1. The van der Waals surface area contributed by atoms with Crippen LogP contribution < -0.4 is 4.90 Å². The fourth-order valence-corrected chi connectivity index (χ4v) is 3.34. The lowest BCUT2D eigenvalue weighted by atomic mass is 10.1. The normalized spacial score (nSPS) is 17.9. The third-order valence-electron chi connectivity index (χ3n) is 3.71. The third-order valence-corrected chi connectivity index (χ3v) is 4.87. The van der Waals surface area contributed by atoms with Gasteiger partial charge in [0.05, 0.1) is 6.10 Å². The lowest BCUT2D eigenvalue weighted by Crippen LogP contribution is -2.37. The molecular weight excluding hydrogens is 268 g/mol. The zero-order valence-electron chi connectivity index (χ0n) is 12.6. The number of hydrogen-bond donors (Lipinski definition) is 1. The van der Waals surface area contributed by atoms with Crippen molar-refractivity contribution in [3.63, 3.8) is 0 Å². The number of piperidine rings is 1. The zero-order valence-corrected chi connectivity index (χ0v) is 13.4. The molecule has 1 aliphatic rings. The minimum Gasteiger partial charge on any atom is -0.391 e. The van der Waals surface area contributed by atoms with Crippen LogP contribution in [0.5, 0.6) is 0 Å². The Morgan fingerprint density at radius 2 is 1.80 bits per heavy atom. The second-order valence-corrected chi connectivity index (χ2v) is 6.81. The van der Waals surface area contributed by atoms with Gasteiger partial charge in [0.1, 0.15) is 0 Å². The second-order valence-electron chi connectivity index (χ2n) is 5.71. The minimum absolute atomic E-state index is 0.230. The number of aliphatic hydroxyl groups excluding tert-OH is 1. The van der Waals surface area contributed by atoms with Gasteiger partial charge in [0.25, 0.3) is 0 Å². The van der Waals surface area contributed by atoms with Gasteiger partial charge in [-0.3, -0.25) is 0 Å². The van der Waals surface area contributed by atoms with E-state index in [1.165, 1.54) is 29.8 Å². The Labute approximate surface area is 127 Å². The monoisotopic (exact) mass is 294 g/mol. The Balaban J connectivity index is 1.73. The van der Waals surface area contributed by atoms with E-state index in [1.54, 1.807) is 11.8 Å². The van der Waals surface area contributed by atoms with Crippen molar-refractivity contribution in [1.29, 1.82) is 0 Å². The van der Waals surface area contributed by atoms with Crippen molar-refractivity contribution in [2.45, 2.75) is 30.3 Å². The molecule has 20 heavy (non-hydrogen) atoms. The van der Waals surface area contributed by atoms with E-state index in [4.69, 9.17) is 0 Å². The molecule has 0 aromatic heterocycles. The number of anilines is 1. The van der Waals surface area contributed by atoms with Crippen molar-refractivity contribution in [2.75, 3.05) is 44.4 Å². The molecule has 4 heteroatoms. The van der Waals surface area contributed by atoms with Crippen molar-refractivity contribution in [2.24, 2.45) is 0 Å². The van der Waals surface area contributed by atoms with E-state index >= 15 is 0 Å². The number of β-amino-alcohol motifs (C(OH)–C–C–N with tert-alkyl or cyclic N) is 1. The Kier molecular flexibility index (Phi) is 6.20. The zero-order chi connectivity index (χ0) is 14.4. The van der Waals surface area contributed by atoms with Crippen molar-refractivity contribution in [1.82, 2.24) is 4.90 Å². The number of rotatable bonds is 6. The van der Waals surface area contributed by atoms with Crippen LogP contribution in [0, 0.1) is 0 Å². The van der Waals surface area contributed by atoms with Crippen LogP contribution in [0.3, 0.4) is 0 Å². The number of benzene rings is 1. The van der Waals surface area contributed by atoms with Crippen molar-refractivity contribution < 1.29 is 5.11 Å². The highest BCUT2D eigenvalue weighted by atomic mass is 32.2. The summed E-state index contributed by atoms with van der Waals surface area (Å²) in [7, 11) is 4.09. The number of thioether (sulfide) groups is 1. The molecule has 0 saturated carbocycles. The molecule has 1 aromatic carbocycles. The van der Waals surface area contributed by atoms with Gasteiger partial charge in [-0.2, -0.15) is 0 Å². The highest BCUT2D eigenvalue weighted by Crippen LogP contribution is 2.22. The molecule has 1 atom stereocenters. The van der Waals surface area contributed by atoms with Gasteiger partial charge in [0.2, 0.25) is 0 Å². The molecule has 3 nitrogen and oxygen atoms in total. The number of aliphatic hydroxyl groups is 1. The first-order chi connectivity index (χ1) is 9.65. The summed E-state index contributed by atoms with van der Waals surface area (Å²) >= 11 is 1.74. The summed E-state index contributed by atoms with van der Waals surface area (Å²) in [5.41, 5.74) is 1.21. The molecule has 112 valence electrons. The average Bonchev–Trinajstić information content (AvgIpc) is 2.46. The maximum Gasteiger partial charge on any atom is 0.0760 e. The van der Waals surface area contributed by atoms with Gasteiger partial charge in [0.15, 0.2) is 0 Å². The summed E-state index contributed by atoms with van der Waals surface area (Å²) in [5, 5.41) is 10.1. The molecule has 0 spiro atoms.